The minimum absolute atomic E-state index is 0.0186. The van der Waals surface area contributed by atoms with E-state index in [2.05, 4.69) is 404 Å². The van der Waals surface area contributed by atoms with Gasteiger partial charge < -0.3 is 28.1 Å². The van der Waals surface area contributed by atoms with Crippen molar-refractivity contribution in [3.63, 3.8) is 0 Å². The Morgan fingerprint density at radius 2 is 0.629 bits per heavy atom. The van der Waals surface area contributed by atoms with Crippen LogP contribution in [-0.4, -0.2) is 31.5 Å². The first-order valence-electron chi connectivity index (χ1n) is 52.6. The Hall–Kier alpha value is -14.4. The largest absolute Gasteiger partial charge is 0.342 e. The van der Waals surface area contributed by atoms with Gasteiger partial charge in [-0.05, 0) is 242 Å². The van der Waals surface area contributed by atoms with Crippen molar-refractivity contribution in [2.75, 3.05) is 16.3 Å². The molecule has 644 valence electrons. The van der Waals surface area contributed by atoms with E-state index >= 15 is 0 Å². The molecule has 0 aliphatic carbocycles. The zero-order valence-corrected chi connectivity index (χ0v) is 77.0. The van der Waals surface area contributed by atoms with Gasteiger partial charge in [0.2, 0.25) is 0 Å². The molecule has 132 heavy (non-hydrogen) atoms. The SMILES string of the molecule is [2H]c1c([2H])c([2H])c2c(c1[2H])c1cc(-n3c4ccccc4c4ccccc43)ccc1n2CCc1cc2c3c(c1)N(Cc1c(-c4ccccc4)cc(C(C)(C)C)cc1-c1ccccc1)c1cc(Cn4c5ccc(C(C)(C)C)cc5c5cc(C(C)(C)C)ccc54)ccc1B3c1ccc(Cn3c4c([2H])c([2H])c([2H])c([2H])c4c4c([2H])c([2H])c([2H])c([2H])c43)cc1N2CCc1c(-c2ccccc2)cc(C(C)(C)C)cc1-c1ccccc1. The van der Waals surface area contributed by atoms with Gasteiger partial charge >= 0.3 is 0 Å². The van der Waals surface area contributed by atoms with Crippen LogP contribution in [0.2, 0.25) is 0 Å². The van der Waals surface area contributed by atoms with Crippen molar-refractivity contribution >= 4 is 133 Å². The van der Waals surface area contributed by atoms with Crippen LogP contribution in [0.3, 0.4) is 0 Å². The van der Waals surface area contributed by atoms with Crippen LogP contribution < -0.4 is 26.2 Å². The maximum atomic E-state index is 10.2. The highest BCUT2D eigenvalue weighted by Crippen LogP contribution is 2.49. The molecule has 0 N–H and O–H groups in total. The first-order valence-corrected chi connectivity index (χ1v) is 46.6. The van der Waals surface area contributed by atoms with Crippen LogP contribution in [0.4, 0.5) is 22.7 Å². The van der Waals surface area contributed by atoms with E-state index in [9.17, 15) is 13.7 Å². The number of anilines is 4. The third-order valence-corrected chi connectivity index (χ3v) is 28.3. The summed E-state index contributed by atoms with van der Waals surface area (Å²) in [6, 6.07) is 104. The molecule has 21 aromatic rings. The van der Waals surface area contributed by atoms with E-state index in [-0.39, 0.29) is 92.8 Å². The van der Waals surface area contributed by atoms with Crippen molar-refractivity contribution in [3.05, 3.63) is 420 Å². The van der Waals surface area contributed by atoms with Crippen LogP contribution in [0, 0.1) is 0 Å². The first-order chi connectivity index (χ1) is 69.0. The molecule has 2 aliphatic heterocycles. The van der Waals surface area contributed by atoms with Crippen LogP contribution in [0.5, 0.6) is 0 Å². The molecule has 0 saturated heterocycles. The Morgan fingerprint density at radius 1 is 0.258 bits per heavy atom. The quantitative estimate of drug-likeness (QED) is 0.0850. The molecule has 4 aromatic heterocycles. The minimum atomic E-state index is -0.506. The Morgan fingerprint density at radius 3 is 1.09 bits per heavy atom. The number of para-hydroxylation sites is 5. The van der Waals surface area contributed by atoms with Crippen LogP contribution in [0.1, 0.15) is 150 Å². The lowest BCUT2D eigenvalue weighted by atomic mass is 9.33. The Labute approximate surface area is 793 Å². The molecular weight excluding hydrogens is 1600 g/mol. The number of hydrogen-bond acceptors (Lipinski definition) is 2. The highest BCUT2D eigenvalue weighted by molar-refractivity contribution is 7.00. The second kappa shape index (κ2) is 31.7. The number of hydrogen-bond donors (Lipinski definition) is 0. The van der Waals surface area contributed by atoms with Crippen molar-refractivity contribution in [2.45, 2.75) is 144 Å². The summed E-state index contributed by atoms with van der Waals surface area (Å²) < 4.78 is 123. The monoisotopic (exact) mass is 1720 g/mol. The zero-order chi connectivity index (χ0) is 100. The van der Waals surface area contributed by atoms with Gasteiger partial charge in [0.05, 0.1) is 27.5 Å². The lowest BCUT2D eigenvalue weighted by Gasteiger charge is -2.45. The Bertz CT molecular complexity index is 8620. The molecular formula is C125H111BN6. The molecule has 17 aromatic carbocycles. The summed E-state index contributed by atoms with van der Waals surface area (Å²) in [6.45, 7) is 28.4. The second-order valence-electron chi connectivity index (χ2n) is 40.6. The van der Waals surface area contributed by atoms with Gasteiger partial charge in [0.15, 0.2) is 0 Å². The van der Waals surface area contributed by atoms with E-state index < -0.39 is 43.0 Å². The number of benzene rings is 17. The van der Waals surface area contributed by atoms with Gasteiger partial charge in [-0.15, -0.1) is 0 Å². The number of rotatable bonds is 17. The average molecular weight is 1720 g/mol. The van der Waals surface area contributed by atoms with Gasteiger partial charge in [0.25, 0.3) is 6.71 Å². The molecule has 0 unspecified atom stereocenters. The first kappa shape index (κ1) is 69.6. The summed E-state index contributed by atoms with van der Waals surface area (Å²) in [4.78, 5) is 5.15. The van der Waals surface area contributed by atoms with E-state index in [1.54, 1.807) is 4.57 Å². The van der Waals surface area contributed by atoms with Gasteiger partial charge in [0.1, 0.15) is 0 Å². The lowest BCUT2D eigenvalue weighted by Crippen LogP contribution is -2.62. The molecule has 7 heteroatoms. The molecule has 0 bridgehead atoms. The van der Waals surface area contributed by atoms with E-state index in [4.69, 9.17) is 2.74 Å². The summed E-state index contributed by atoms with van der Waals surface area (Å²) >= 11 is 0. The van der Waals surface area contributed by atoms with Crippen molar-refractivity contribution < 1.29 is 16.4 Å². The standard InChI is InChI=1S/C125H111BN6/c1-122(2,3)88-55-60-113-103(71-88)104-72-89(123(4,5)6)56-61-114(104)130(113)79-83-54-59-108-118(70-83)131(80-106-101(86-39-21-15-22-40-86)75-91(125(10,11)12)76-102(106)87-41-23-16-24-42-87)120-68-81(63-65-127-109-48-30-27-47-98(109)105-77-92(57-62-112(105)127)132-115-51-33-28-45-96(115)97-46-29-34-52-116(97)132)67-119-121(120)126(108)107-58-53-82(78-129-110-49-31-25-43-94(110)95-44-26-32-50-111(95)129)69-117(107)128(119)66-64-93-99(84-35-17-13-18-36-84)73-90(124(7,8)9)74-100(93)85-37-19-14-20-38-85/h13-62,67-77H,63-66,78-80H2,1-12H3/i25D,26D,27D,30D,31D,32D,43D,44D,47D,48D,49D,50D. The van der Waals surface area contributed by atoms with Crippen molar-refractivity contribution in [1.82, 2.24) is 18.3 Å². The minimum Gasteiger partial charge on any atom is -0.342 e. The molecule has 0 radical (unpaired) electrons. The average Bonchev–Trinajstić information content (AvgIpc) is 1.35. The number of aryl methyl sites for hydroxylation is 2. The van der Waals surface area contributed by atoms with E-state index in [1.807, 2.05) is 0 Å². The summed E-state index contributed by atoms with van der Waals surface area (Å²) in [5, 5.41) is 5.77. The van der Waals surface area contributed by atoms with Crippen LogP contribution in [0.25, 0.3) is 137 Å². The fourth-order valence-corrected chi connectivity index (χ4v) is 21.4. The van der Waals surface area contributed by atoms with Crippen LogP contribution >= 0.6 is 0 Å². The lowest BCUT2D eigenvalue weighted by molar-refractivity contribution is 0.590. The molecule has 2 aliphatic rings. The summed E-state index contributed by atoms with van der Waals surface area (Å²) in [5.74, 6) is 0. The molecule has 0 saturated carbocycles. The molecule has 6 nitrogen and oxygen atoms in total. The van der Waals surface area contributed by atoms with Gasteiger partial charge in [-0.25, -0.2) is 0 Å². The van der Waals surface area contributed by atoms with E-state index in [0.29, 0.717) is 54.3 Å². The van der Waals surface area contributed by atoms with Crippen LogP contribution in [0.15, 0.2) is 370 Å². The Balaban J connectivity index is 0.817. The van der Waals surface area contributed by atoms with Gasteiger partial charge in [0, 0.05) is 137 Å². The summed E-state index contributed by atoms with van der Waals surface area (Å²) in [6.07, 6.45) is 0.867. The fourth-order valence-electron chi connectivity index (χ4n) is 21.4. The predicted molar refractivity (Wildman–Crippen MR) is 565 cm³/mol. The zero-order valence-electron chi connectivity index (χ0n) is 89.0. The molecule has 0 amide bonds. The molecule has 6 heterocycles. The van der Waals surface area contributed by atoms with E-state index in [1.165, 1.54) is 33.0 Å². The topological polar surface area (TPSA) is 26.2 Å². The van der Waals surface area contributed by atoms with Gasteiger partial charge in [-0.2, -0.15) is 0 Å². The van der Waals surface area contributed by atoms with Crippen molar-refractivity contribution in [3.8, 4) is 50.2 Å². The summed E-state index contributed by atoms with van der Waals surface area (Å²) in [7, 11) is 0. The highest BCUT2D eigenvalue weighted by Gasteiger charge is 2.44. The molecule has 0 fully saturated rings. The highest BCUT2D eigenvalue weighted by atomic mass is 15.2. The maximum absolute atomic E-state index is 10.2. The molecule has 0 atom stereocenters. The number of aromatic nitrogens is 4. The normalized spacial score (nSPS) is 14.3. The maximum Gasteiger partial charge on any atom is 0.252 e. The van der Waals surface area contributed by atoms with Crippen LogP contribution in [-0.2, 0) is 60.7 Å². The van der Waals surface area contributed by atoms with Gasteiger partial charge in [-0.3, -0.25) is 0 Å². The molecule has 0 spiro atoms. The smallest absolute Gasteiger partial charge is 0.252 e. The number of nitrogens with zero attached hydrogens (tertiary/aromatic N) is 6. The van der Waals surface area contributed by atoms with Crippen molar-refractivity contribution in [2.24, 2.45) is 0 Å². The third-order valence-electron chi connectivity index (χ3n) is 28.3. The Kier molecular flexibility index (Phi) is 16.7. The second-order valence-corrected chi connectivity index (χ2v) is 40.6. The summed E-state index contributed by atoms with van der Waals surface area (Å²) in [5.41, 5.74) is 31.2. The predicted octanol–water partition coefficient (Wildman–Crippen LogP) is 30.2. The van der Waals surface area contributed by atoms with E-state index in [0.717, 1.165) is 150 Å². The third kappa shape index (κ3) is 14.1. The van der Waals surface area contributed by atoms with Gasteiger partial charge in [-0.1, -0.05) is 356 Å². The van der Waals surface area contributed by atoms with Crippen molar-refractivity contribution in [1.29, 1.82) is 0 Å². The molecule has 23 rings (SSSR count). The fraction of sp³-hybridized carbons (Fsp3) is 0.184. The number of fused-ring (bicyclic) bond motifs is 16.